The van der Waals surface area contributed by atoms with Crippen LogP contribution in [0.1, 0.15) is 24.6 Å². The van der Waals surface area contributed by atoms with Gasteiger partial charge in [0.25, 0.3) is 0 Å². The fourth-order valence-corrected chi connectivity index (χ4v) is 2.46. The number of methoxy groups -OCH3 is 1. The van der Waals surface area contributed by atoms with Gasteiger partial charge in [0.15, 0.2) is 0 Å². The van der Waals surface area contributed by atoms with Crippen molar-refractivity contribution in [3.63, 3.8) is 0 Å². The molecule has 2 heterocycles. The van der Waals surface area contributed by atoms with Crippen molar-refractivity contribution in [2.24, 2.45) is 0 Å². The molecule has 0 spiro atoms. The maximum Gasteiger partial charge on any atom is 0.0951 e. The topological polar surface area (TPSA) is 42.3 Å². The van der Waals surface area contributed by atoms with Crippen LogP contribution in [0.2, 0.25) is 0 Å². The zero-order valence-corrected chi connectivity index (χ0v) is 11.4. The normalized spacial score (nSPS) is 18.3. The fourth-order valence-electron chi connectivity index (χ4n) is 2.46. The highest BCUT2D eigenvalue weighted by molar-refractivity contribution is 5.01. The largest absolute Gasteiger partial charge is 0.383 e. The molecular weight excluding hydrogens is 228 g/mol. The Morgan fingerprint density at radius 2 is 2.22 bits per heavy atom. The Morgan fingerprint density at radius 1 is 1.44 bits per heavy atom. The number of nitrogens with zero attached hydrogens (tertiary/aromatic N) is 3. The van der Waals surface area contributed by atoms with Crippen LogP contribution in [0.3, 0.4) is 0 Å². The number of piperidine rings is 1. The molecule has 0 radical (unpaired) electrons. The summed E-state index contributed by atoms with van der Waals surface area (Å²) in [5, 5.41) is 3.38. The van der Waals surface area contributed by atoms with E-state index in [2.05, 4.69) is 26.8 Å². The average Bonchev–Trinajstić information content (AvgIpc) is 2.84. The maximum absolute atomic E-state index is 5.03. The van der Waals surface area contributed by atoms with Crippen molar-refractivity contribution in [1.82, 2.24) is 19.8 Å². The third-order valence-electron chi connectivity index (χ3n) is 3.62. The van der Waals surface area contributed by atoms with Gasteiger partial charge < -0.3 is 19.5 Å². The van der Waals surface area contributed by atoms with E-state index in [1.165, 1.54) is 31.6 Å². The average molecular weight is 252 g/mol. The van der Waals surface area contributed by atoms with E-state index in [0.717, 1.165) is 19.7 Å². The van der Waals surface area contributed by atoms with Crippen LogP contribution < -0.4 is 5.32 Å². The molecule has 0 atom stereocenters. The Hall–Kier alpha value is -0.910. The predicted molar refractivity (Wildman–Crippen MR) is 71.6 cm³/mol. The standard InChI is InChI=1S/C13H24N4O/c1-16-6-3-12(4-7-16)17-11-15-10-13(17)9-14-5-8-18-2/h10-12,14H,3-9H2,1-2H3. The first-order valence-electron chi connectivity index (χ1n) is 6.70. The van der Waals surface area contributed by atoms with E-state index in [1.54, 1.807) is 7.11 Å². The summed E-state index contributed by atoms with van der Waals surface area (Å²) in [7, 11) is 3.92. The fraction of sp³-hybridized carbons (Fsp3) is 0.769. The molecule has 0 amide bonds. The first-order chi connectivity index (χ1) is 8.81. The Kier molecular flexibility index (Phi) is 5.16. The molecule has 0 saturated carbocycles. The Bertz CT molecular complexity index is 345. The molecular formula is C13H24N4O. The number of ether oxygens (including phenoxy) is 1. The molecule has 1 N–H and O–H groups in total. The zero-order chi connectivity index (χ0) is 12.8. The van der Waals surface area contributed by atoms with Crippen LogP contribution in [-0.2, 0) is 11.3 Å². The van der Waals surface area contributed by atoms with E-state index in [0.29, 0.717) is 6.04 Å². The van der Waals surface area contributed by atoms with Gasteiger partial charge in [-0.2, -0.15) is 0 Å². The summed E-state index contributed by atoms with van der Waals surface area (Å²) in [6.07, 6.45) is 6.39. The van der Waals surface area contributed by atoms with Gasteiger partial charge in [0, 0.05) is 32.4 Å². The summed E-state index contributed by atoms with van der Waals surface area (Å²) in [5.74, 6) is 0. The van der Waals surface area contributed by atoms with Gasteiger partial charge in [-0.3, -0.25) is 0 Å². The van der Waals surface area contributed by atoms with E-state index in [-0.39, 0.29) is 0 Å². The van der Waals surface area contributed by atoms with Gasteiger partial charge in [-0.1, -0.05) is 0 Å². The number of hydrogen-bond acceptors (Lipinski definition) is 4. The summed E-state index contributed by atoms with van der Waals surface area (Å²) in [5.41, 5.74) is 1.28. The molecule has 18 heavy (non-hydrogen) atoms. The number of aromatic nitrogens is 2. The predicted octanol–water partition coefficient (Wildman–Crippen LogP) is 0.886. The Balaban J connectivity index is 1.87. The molecule has 1 aliphatic rings. The van der Waals surface area contributed by atoms with Crippen molar-refractivity contribution >= 4 is 0 Å². The van der Waals surface area contributed by atoms with Crippen LogP contribution >= 0.6 is 0 Å². The van der Waals surface area contributed by atoms with E-state index >= 15 is 0 Å². The van der Waals surface area contributed by atoms with Gasteiger partial charge in [-0.25, -0.2) is 4.98 Å². The van der Waals surface area contributed by atoms with Crippen molar-refractivity contribution in [2.75, 3.05) is 40.4 Å². The SMILES string of the molecule is COCCNCc1cncn1C1CCN(C)CC1. The molecule has 1 aromatic rings. The zero-order valence-electron chi connectivity index (χ0n) is 11.4. The molecule has 1 aliphatic heterocycles. The van der Waals surface area contributed by atoms with Crippen LogP contribution in [-0.4, -0.2) is 54.8 Å². The van der Waals surface area contributed by atoms with E-state index in [9.17, 15) is 0 Å². The molecule has 0 bridgehead atoms. The van der Waals surface area contributed by atoms with Crippen molar-refractivity contribution in [2.45, 2.75) is 25.4 Å². The molecule has 0 aromatic carbocycles. The van der Waals surface area contributed by atoms with Crippen LogP contribution in [0.5, 0.6) is 0 Å². The van der Waals surface area contributed by atoms with Gasteiger partial charge in [-0.15, -0.1) is 0 Å². The third-order valence-corrected chi connectivity index (χ3v) is 3.62. The lowest BCUT2D eigenvalue weighted by Gasteiger charge is -2.30. The monoisotopic (exact) mass is 252 g/mol. The third kappa shape index (κ3) is 3.54. The number of imidazole rings is 1. The highest BCUT2D eigenvalue weighted by Gasteiger charge is 2.19. The van der Waals surface area contributed by atoms with Crippen LogP contribution in [0, 0.1) is 0 Å². The lowest BCUT2D eigenvalue weighted by molar-refractivity contribution is 0.198. The van der Waals surface area contributed by atoms with Gasteiger partial charge in [-0.05, 0) is 33.0 Å². The summed E-state index contributed by atoms with van der Waals surface area (Å²) in [6.45, 7) is 4.87. The van der Waals surface area contributed by atoms with E-state index in [1.807, 2.05) is 12.5 Å². The van der Waals surface area contributed by atoms with Gasteiger partial charge in [0.05, 0.1) is 18.6 Å². The molecule has 0 unspecified atom stereocenters. The molecule has 5 nitrogen and oxygen atoms in total. The number of nitrogens with one attached hydrogen (secondary N) is 1. The lowest BCUT2D eigenvalue weighted by atomic mass is 10.1. The van der Waals surface area contributed by atoms with Crippen molar-refractivity contribution < 1.29 is 4.74 Å². The second kappa shape index (κ2) is 6.87. The minimum atomic E-state index is 0.614. The summed E-state index contributed by atoms with van der Waals surface area (Å²) < 4.78 is 7.37. The lowest BCUT2D eigenvalue weighted by Crippen LogP contribution is -2.32. The number of likely N-dealkylation sites (tertiary alicyclic amines) is 1. The van der Waals surface area contributed by atoms with Gasteiger partial charge >= 0.3 is 0 Å². The Labute approximate surface area is 109 Å². The van der Waals surface area contributed by atoms with E-state index in [4.69, 9.17) is 4.74 Å². The maximum atomic E-state index is 5.03. The van der Waals surface area contributed by atoms with Gasteiger partial charge in [0.2, 0.25) is 0 Å². The molecule has 2 rings (SSSR count). The number of rotatable bonds is 6. The quantitative estimate of drug-likeness (QED) is 0.763. The first-order valence-corrected chi connectivity index (χ1v) is 6.70. The first kappa shape index (κ1) is 13.5. The van der Waals surface area contributed by atoms with Crippen molar-refractivity contribution in [3.05, 3.63) is 18.2 Å². The minimum Gasteiger partial charge on any atom is -0.383 e. The molecule has 5 heteroatoms. The number of hydrogen-bond donors (Lipinski definition) is 1. The van der Waals surface area contributed by atoms with Crippen LogP contribution in [0.25, 0.3) is 0 Å². The summed E-state index contributed by atoms with van der Waals surface area (Å²) >= 11 is 0. The molecule has 1 aromatic heterocycles. The van der Waals surface area contributed by atoms with Crippen molar-refractivity contribution in [3.8, 4) is 0 Å². The van der Waals surface area contributed by atoms with Crippen molar-refractivity contribution in [1.29, 1.82) is 0 Å². The highest BCUT2D eigenvalue weighted by Crippen LogP contribution is 2.22. The van der Waals surface area contributed by atoms with Gasteiger partial charge in [0.1, 0.15) is 0 Å². The van der Waals surface area contributed by atoms with Crippen LogP contribution in [0.15, 0.2) is 12.5 Å². The second-order valence-corrected chi connectivity index (χ2v) is 5.00. The van der Waals surface area contributed by atoms with E-state index < -0.39 is 0 Å². The smallest absolute Gasteiger partial charge is 0.0951 e. The second-order valence-electron chi connectivity index (χ2n) is 5.00. The van der Waals surface area contributed by atoms with Crippen LogP contribution in [0.4, 0.5) is 0 Å². The summed E-state index contributed by atoms with van der Waals surface area (Å²) in [6, 6.07) is 0.614. The summed E-state index contributed by atoms with van der Waals surface area (Å²) in [4.78, 5) is 6.69. The minimum absolute atomic E-state index is 0.614. The highest BCUT2D eigenvalue weighted by atomic mass is 16.5. The molecule has 1 saturated heterocycles. The molecule has 102 valence electrons. The molecule has 1 fully saturated rings. The Morgan fingerprint density at radius 3 is 2.94 bits per heavy atom. The molecule has 0 aliphatic carbocycles.